The van der Waals surface area contributed by atoms with Crippen molar-refractivity contribution in [2.45, 2.75) is 97.7 Å². The van der Waals surface area contributed by atoms with Crippen molar-refractivity contribution < 1.29 is 9.84 Å². The van der Waals surface area contributed by atoms with Gasteiger partial charge in [-0.25, -0.2) is 0 Å². The fraction of sp³-hybridized carbons (Fsp3) is 0.852. The highest BCUT2D eigenvalue weighted by atomic mass is 16.5. The highest BCUT2D eigenvalue weighted by molar-refractivity contribution is 5.30. The van der Waals surface area contributed by atoms with Gasteiger partial charge in [0.05, 0.1) is 11.9 Å². The highest BCUT2D eigenvalue weighted by Crippen LogP contribution is 2.68. The summed E-state index contributed by atoms with van der Waals surface area (Å²) in [7, 11) is 0. The summed E-state index contributed by atoms with van der Waals surface area (Å²) < 4.78 is 6.67. The number of hydrogen-bond acceptors (Lipinski definition) is 3. The number of aliphatic hydroxyl groups excluding tert-OH is 1. The third kappa shape index (κ3) is 2.98. The lowest BCUT2D eigenvalue weighted by atomic mass is 9.47. The molecule has 0 aromatic heterocycles. The van der Waals surface area contributed by atoms with Gasteiger partial charge >= 0.3 is 0 Å². The first-order valence-corrected chi connectivity index (χ1v) is 12.7. The largest absolute Gasteiger partial charge is 0.494 e. The number of allylic oxidation sites excluding steroid dienone is 2. The molecule has 9 atom stereocenters. The van der Waals surface area contributed by atoms with Crippen LogP contribution in [0.4, 0.5) is 0 Å². The fourth-order valence-electron chi connectivity index (χ4n) is 8.72. The zero-order valence-corrected chi connectivity index (χ0v) is 19.6. The maximum Gasteiger partial charge on any atom is 0.106 e. The molecule has 3 heteroatoms. The number of nitrogens with two attached hydrogens (primary N) is 1. The Morgan fingerprint density at radius 1 is 1.23 bits per heavy atom. The number of hydrogen-bond donors (Lipinski definition) is 2. The smallest absolute Gasteiger partial charge is 0.106 e. The van der Waals surface area contributed by atoms with E-state index in [0.29, 0.717) is 28.8 Å². The summed E-state index contributed by atoms with van der Waals surface area (Å²) in [6.45, 7) is 10.5. The quantitative estimate of drug-likeness (QED) is 0.591. The lowest BCUT2D eigenvalue weighted by Crippen LogP contribution is -2.50. The Kier molecular flexibility index (Phi) is 5.18. The first-order valence-electron chi connectivity index (χ1n) is 12.7. The fourth-order valence-corrected chi connectivity index (χ4v) is 8.72. The summed E-state index contributed by atoms with van der Waals surface area (Å²) in [6, 6.07) is 0. The van der Waals surface area contributed by atoms with Crippen molar-refractivity contribution in [1.82, 2.24) is 0 Å². The van der Waals surface area contributed by atoms with Crippen LogP contribution in [0.3, 0.4) is 0 Å². The predicted octanol–water partition coefficient (Wildman–Crippen LogP) is 5.58. The zero-order chi connectivity index (χ0) is 21.3. The van der Waals surface area contributed by atoms with E-state index in [1.165, 1.54) is 37.9 Å². The molecule has 0 radical (unpaired) electrons. The first-order chi connectivity index (χ1) is 14.3. The van der Waals surface area contributed by atoms with E-state index < -0.39 is 0 Å². The van der Waals surface area contributed by atoms with Gasteiger partial charge in [0.1, 0.15) is 6.10 Å². The Morgan fingerprint density at radius 3 is 2.80 bits per heavy atom. The van der Waals surface area contributed by atoms with Crippen molar-refractivity contribution in [3.63, 3.8) is 0 Å². The Morgan fingerprint density at radius 2 is 2.03 bits per heavy atom. The lowest BCUT2D eigenvalue weighted by molar-refractivity contribution is -0.0454. The van der Waals surface area contributed by atoms with E-state index in [1.54, 1.807) is 11.1 Å². The Bertz CT molecular complexity index is 756. The molecule has 1 aliphatic heterocycles. The van der Waals surface area contributed by atoms with Gasteiger partial charge in [0.15, 0.2) is 0 Å². The van der Waals surface area contributed by atoms with Gasteiger partial charge in [-0.3, -0.25) is 0 Å². The molecule has 3 nitrogen and oxygen atoms in total. The monoisotopic (exact) mass is 413 g/mol. The number of rotatable bonds is 4. The minimum atomic E-state index is -0.109. The van der Waals surface area contributed by atoms with E-state index in [-0.39, 0.29) is 6.10 Å². The van der Waals surface area contributed by atoms with Gasteiger partial charge < -0.3 is 15.6 Å². The van der Waals surface area contributed by atoms with Gasteiger partial charge in [0, 0.05) is 12.3 Å². The average molecular weight is 414 g/mol. The lowest BCUT2D eigenvalue weighted by Gasteiger charge is -2.57. The molecule has 168 valence electrons. The Labute approximate surface area is 183 Å². The van der Waals surface area contributed by atoms with Crippen LogP contribution >= 0.6 is 0 Å². The maximum absolute atomic E-state index is 10.2. The third-order valence-electron chi connectivity index (χ3n) is 10.6. The van der Waals surface area contributed by atoms with Crippen LogP contribution in [0.5, 0.6) is 0 Å². The Hall–Kier alpha value is -0.800. The van der Waals surface area contributed by atoms with Crippen LogP contribution in [0.1, 0.15) is 85.5 Å². The molecule has 3 saturated carbocycles. The molecule has 0 unspecified atom stereocenters. The van der Waals surface area contributed by atoms with Crippen molar-refractivity contribution in [3.8, 4) is 0 Å². The highest BCUT2D eigenvalue weighted by Gasteiger charge is 2.63. The molecule has 4 aliphatic carbocycles. The summed E-state index contributed by atoms with van der Waals surface area (Å²) >= 11 is 0. The summed E-state index contributed by atoms with van der Waals surface area (Å²) in [4.78, 5) is 0. The second kappa shape index (κ2) is 7.37. The van der Waals surface area contributed by atoms with E-state index in [0.717, 1.165) is 50.0 Å². The molecule has 3 N–H and O–H groups in total. The molecule has 3 fully saturated rings. The van der Waals surface area contributed by atoms with E-state index in [2.05, 4.69) is 33.8 Å². The van der Waals surface area contributed by atoms with Gasteiger partial charge in [-0.2, -0.15) is 0 Å². The first kappa shape index (κ1) is 21.1. The Balaban J connectivity index is 1.38. The van der Waals surface area contributed by atoms with Crippen LogP contribution in [0.2, 0.25) is 0 Å². The van der Waals surface area contributed by atoms with Crippen LogP contribution < -0.4 is 5.73 Å². The second-order valence-electron chi connectivity index (χ2n) is 12.1. The average Bonchev–Trinajstić information content (AvgIpc) is 3.20. The van der Waals surface area contributed by atoms with E-state index in [4.69, 9.17) is 10.5 Å². The van der Waals surface area contributed by atoms with Gasteiger partial charge in [-0.15, -0.1) is 0 Å². The third-order valence-corrected chi connectivity index (χ3v) is 10.6. The molecular formula is C27H43NO2. The van der Waals surface area contributed by atoms with Gasteiger partial charge in [-0.05, 0) is 105 Å². The van der Waals surface area contributed by atoms with E-state index in [9.17, 15) is 5.11 Å². The number of aliphatic hydroxyl groups is 1. The maximum atomic E-state index is 10.2. The van der Waals surface area contributed by atoms with Crippen molar-refractivity contribution in [2.75, 3.05) is 6.54 Å². The second-order valence-corrected chi connectivity index (χ2v) is 12.1. The molecule has 0 amide bonds. The molecule has 0 saturated heterocycles. The molecule has 30 heavy (non-hydrogen) atoms. The van der Waals surface area contributed by atoms with Gasteiger partial charge in [0.25, 0.3) is 0 Å². The molecule has 0 bridgehead atoms. The van der Waals surface area contributed by atoms with Crippen molar-refractivity contribution in [1.29, 1.82) is 0 Å². The minimum absolute atomic E-state index is 0.109. The van der Waals surface area contributed by atoms with Gasteiger partial charge in [-0.1, -0.05) is 32.4 Å². The van der Waals surface area contributed by atoms with Crippen molar-refractivity contribution >= 4 is 0 Å². The predicted molar refractivity (Wildman–Crippen MR) is 122 cm³/mol. The van der Waals surface area contributed by atoms with Crippen LogP contribution in [-0.4, -0.2) is 23.9 Å². The SMILES string of the molecule is CC1=C(CC[C@@H](C)CN)O[C@H]2C[C@H]3[C@@H]4CC=C5C[C@@H](O)CC[C@]5(C)[C@H]4CC[C@]3(C)[C@@H]12. The van der Waals surface area contributed by atoms with Crippen LogP contribution in [0.25, 0.3) is 0 Å². The summed E-state index contributed by atoms with van der Waals surface area (Å²) in [5.41, 5.74) is 9.71. The molecule has 5 aliphatic rings. The summed E-state index contributed by atoms with van der Waals surface area (Å²) in [5, 5.41) is 10.2. The van der Waals surface area contributed by atoms with Crippen LogP contribution in [-0.2, 0) is 4.74 Å². The van der Waals surface area contributed by atoms with Crippen LogP contribution in [0.15, 0.2) is 23.0 Å². The standard InChI is InChI=1S/C27H43NO2/c1-16(15-28)5-8-23-17(2)25-24(30-23)14-22-20-7-6-18-13-19(29)9-11-26(18,3)21(20)10-12-27(22,25)4/h6,16,19-22,24-25,29H,5,7-15,28H2,1-4H3/t16-,19+,20-,21+,22+,24+,25+,26+,27+/m1/s1. The normalized spacial score (nSPS) is 48.3. The van der Waals surface area contributed by atoms with Crippen molar-refractivity contribution in [3.05, 3.63) is 23.0 Å². The number of ether oxygens (including phenoxy) is 1. The molecular weight excluding hydrogens is 370 g/mol. The molecule has 0 spiro atoms. The number of fused-ring (bicyclic) bond motifs is 7. The summed E-state index contributed by atoms with van der Waals surface area (Å²) in [5.74, 6) is 4.88. The van der Waals surface area contributed by atoms with Crippen molar-refractivity contribution in [2.24, 2.45) is 46.2 Å². The molecule has 0 aromatic rings. The van der Waals surface area contributed by atoms with Gasteiger partial charge in [0.2, 0.25) is 0 Å². The topological polar surface area (TPSA) is 55.5 Å². The van der Waals surface area contributed by atoms with Crippen LogP contribution in [0, 0.1) is 40.4 Å². The zero-order valence-electron chi connectivity index (χ0n) is 19.6. The molecule has 1 heterocycles. The summed E-state index contributed by atoms with van der Waals surface area (Å²) in [6.07, 6.45) is 13.3. The molecule has 0 aromatic carbocycles. The van der Waals surface area contributed by atoms with E-state index in [1.807, 2.05) is 0 Å². The minimum Gasteiger partial charge on any atom is -0.494 e. The van der Waals surface area contributed by atoms with E-state index >= 15 is 0 Å². The molecule has 5 rings (SSSR count).